The van der Waals surface area contributed by atoms with Crippen LogP contribution in [0.5, 0.6) is 0 Å². The SMILES string of the molecule is CC(N)C1CCCN(C(=O)C2CCCCCC2)C1. The number of carbonyl (C=O) groups excluding carboxylic acids is 1. The van der Waals surface area contributed by atoms with Crippen molar-refractivity contribution < 1.29 is 4.79 Å². The van der Waals surface area contributed by atoms with Crippen molar-refractivity contribution in [1.29, 1.82) is 0 Å². The largest absolute Gasteiger partial charge is 0.342 e. The van der Waals surface area contributed by atoms with Crippen LogP contribution in [0.4, 0.5) is 0 Å². The molecule has 0 aromatic heterocycles. The number of nitrogens with zero attached hydrogens (tertiary/aromatic N) is 1. The van der Waals surface area contributed by atoms with Gasteiger partial charge in [-0.3, -0.25) is 4.79 Å². The Morgan fingerprint density at radius 3 is 2.39 bits per heavy atom. The monoisotopic (exact) mass is 252 g/mol. The molecular formula is C15H28N2O. The summed E-state index contributed by atoms with van der Waals surface area (Å²) in [5.41, 5.74) is 5.99. The molecule has 0 bridgehead atoms. The molecule has 18 heavy (non-hydrogen) atoms. The molecule has 2 fully saturated rings. The molecule has 2 rings (SSSR count). The van der Waals surface area contributed by atoms with Gasteiger partial charge in [0.25, 0.3) is 0 Å². The molecule has 1 aliphatic carbocycles. The third-order valence-corrected chi connectivity index (χ3v) is 4.72. The Kier molecular flexibility index (Phi) is 5.04. The Balaban J connectivity index is 1.90. The summed E-state index contributed by atoms with van der Waals surface area (Å²) in [6.07, 6.45) is 9.63. The maximum atomic E-state index is 12.6. The van der Waals surface area contributed by atoms with Crippen LogP contribution in [0, 0.1) is 11.8 Å². The molecule has 1 aliphatic heterocycles. The van der Waals surface area contributed by atoms with E-state index in [1.807, 2.05) is 0 Å². The lowest BCUT2D eigenvalue weighted by Crippen LogP contribution is -2.47. The van der Waals surface area contributed by atoms with Crippen molar-refractivity contribution in [2.45, 2.75) is 64.3 Å². The minimum absolute atomic E-state index is 0.217. The minimum atomic E-state index is 0.217. The van der Waals surface area contributed by atoms with Crippen molar-refractivity contribution in [2.75, 3.05) is 13.1 Å². The van der Waals surface area contributed by atoms with Gasteiger partial charge in [-0.2, -0.15) is 0 Å². The van der Waals surface area contributed by atoms with Gasteiger partial charge >= 0.3 is 0 Å². The van der Waals surface area contributed by atoms with Crippen LogP contribution in [0.15, 0.2) is 0 Å². The number of piperidine rings is 1. The molecule has 104 valence electrons. The zero-order valence-electron chi connectivity index (χ0n) is 11.7. The van der Waals surface area contributed by atoms with Crippen molar-refractivity contribution in [2.24, 2.45) is 17.6 Å². The number of hydrogen-bond donors (Lipinski definition) is 1. The molecule has 2 aliphatic rings. The second-order valence-electron chi connectivity index (χ2n) is 6.23. The second kappa shape index (κ2) is 6.55. The first kappa shape index (κ1) is 13.9. The van der Waals surface area contributed by atoms with Gasteiger partial charge in [-0.25, -0.2) is 0 Å². The fourth-order valence-corrected chi connectivity index (χ4v) is 3.42. The summed E-state index contributed by atoms with van der Waals surface area (Å²) < 4.78 is 0. The molecule has 1 heterocycles. The van der Waals surface area contributed by atoms with Crippen LogP contribution in [-0.4, -0.2) is 29.9 Å². The van der Waals surface area contributed by atoms with Crippen LogP contribution in [0.2, 0.25) is 0 Å². The van der Waals surface area contributed by atoms with Gasteiger partial charge in [0.1, 0.15) is 0 Å². The third-order valence-electron chi connectivity index (χ3n) is 4.72. The molecule has 3 heteroatoms. The number of carbonyl (C=O) groups is 1. The molecule has 2 unspecified atom stereocenters. The molecule has 1 amide bonds. The zero-order valence-corrected chi connectivity index (χ0v) is 11.7. The standard InChI is InChI=1S/C15H28N2O/c1-12(16)14-9-6-10-17(11-14)15(18)13-7-4-2-3-5-8-13/h12-14H,2-11,16H2,1H3. The lowest BCUT2D eigenvalue weighted by Gasteiger charge is -2.36. The summed E-state index contributed by atoms with van der Waals surface area (Å²) >= 11 is 0. The first-order valence-corrected chi connectivity index (χ1v) is 7.73. The number of amides is 1. The Morgan fingerprint density at radius 1 is 1.11 bits per heavy atom. The van der Waals surface area contributed by atoms with Crippen molar-refractivity contribution >= 4 is 5.91 Å². The van der Waals surface area contributed by atoms with Crippen LogP contribution in [0.3, 0.4) is 0 Å². The van der Waals surface area contributed by atoms with E-state index in [4.69, 9.17) is 5.73 Å². The molecule has 0 radical (unpaired) electrons. The summed E-state index contributed by atoms with van der Waals surface area (Å²) in [5, 5.41) is 0. The molecule has 2 N–H and O–H groups in total. The third kappa shape index (κ3) is 3.47. The van der Waals surface area contributed by atoms with Gasteiger partial charge in [-0.05, 0) is 38.5 Å². The highest BCUT2D eigenvalue weighted by molar-refractivity contribution is 5.79. The lowest BCUT2D eigenvalue weighted by atomic mass is 9.90. The average Bonchev–Trinajstić information content (AvgIpc) is 2.67. The highest BCUT2D eigenvalue weighted by Crippen LogP contribution is 2.27. The van der Waals surface area contributed by atoms with Crippen molar-refractivity contribution in [3.05, 3.63) is 0 Å². The van der Waals surface area contributed by atoms with E-state index in [0.717, 1.165) is 32.4 Å². The summed E-state index contributed by atoms with van der Waals surface area (Å²) in [6.45, 7) is 3.93. The Hall–Kier alpha value is -0.570. The van der Waals surface area contributed by atoms with Crippen LogP contribution >= 0.6 is 0 Å². The van der Waals surface area contributed by atoms with Gasteiger partial charge in [0, 0.05) is 25.0 Å². The molecular weight excluding hydrogens is 224 g/mol. The normalized spacial score (nSPS) is 28.8. The van der Waals surface area contributed by atoms with Gasteiger partial charge < -0.3 is 10.6 Å². The molecule has 2 atom stereocenters. The van der Waals surface area contributed by atoms with E-state index in [1.165, 1.54) is 32.1 Å². The molecule has 3 nitrogen and oxygen atoms in total. The maximum absolute atomic E-state index is 12.6. The van der Waals surface area contributed by atoms with Gasteiger partial charge in [0.2, 0.25) is 5.91 Å². The molecule has 1 saturated heterocycles. The number of likely N-dealkylation sites (tertiary alicyclic amines) is 1. The maximum Gasteiger partial charge on any atom is 0.225 e. The fourth-order valence-electron chi connectivity index (χ4n) is 3.42. The van der Waals surface area contributed by atoms with Crippen LogP contribution < -0.4 is 5.73 Å². The Morgan fingerprint density at radius 2 is 1.78 bits per heavy atom. The van der Waals surface area contributed by atoms with Gasteiger partial charge in [0.05, 0.1) is 0 Å². The van der Waals surface area contributed by atoms with Crippen LogP contribution in [0.25, 0.3) is 0 Å². The van der Waals surface area contributed by atoms with E-state index in [1.54, 1.807) is 0 Å². The quantitative estimate of drug-likeness (QED) is 0.768. The number of hydrogen-bond acceptors (Lipinski definition) is 2. The minimum Gasteiger partial charge on any atom is -0.342 e. The molecule has 0 aromatic rings. The van der Waals surface area contributed by atoms with Crippen molar-refractivity contribution in [1.82, 2.24) is 4.90 Å². The van der Waals surface area contributed by atoms with Gasteiger partial charge in [-0.15, -0.1) is 0 Å². The molecule has 1 saturated carbocycles. The molecule has 0 aromatic carbocycles. The van der Waals surface area contributed by atoms with Crippen molar-refractivity contribution in [3.8, 4) is 0 Å². The van der Waals surface area contributed by atoms with E-state index in [0.29, 0.717) is 17.7 Å². The first-order chi connectivity index (χ1) is 8.68. The predicted molar refractivity (Wildman–Crippen MR) is 74.1 cm³/mol. The summed E-state index contributed by atoms with van der Waals surface area (Å²) in [6, 6.07) is 0.217. The average molecular weight is 252 g/mol. The summed E-state index contributed by atoms with van der Waals surface area (Å²) in [7, 11) is 0. The second-order valence-corrected chi connectivity index (χ2v) is 6.23. The predicted octanol–water partition coefficient (Wildman–Crippen LogP) is 2.54. The van der Waals surface area contributed by atoms with E-state index in [-0.39, 0.29) is 6.04 Å². The first-order valence-electron chi connectivity index (χ1n) is 7.73. The number of rotatable bonds is 2. The number of nitrogens with two attached hydrogens (primary N) is 1. The fraction of sp³-hybridized carbons (Fsp3) is 0.933. The van der Waals surface area contributed by atoms with Gasteiger partial charge in [0.15, 0.2) is 0 Å². The van der Waals surface area contributed by atoms with E-state index in [2.05, 4.69) is 11.8 Å². The van der Waals surface area contributed by atoms with Gasteiger partial charge in [-0.1, -0.05) is 25.7 Å². The lowest BCUT2D eigenvalue weighted by molar-refractivity contribution is -0.137. The molecule has 0 spiro atoms. The van der Waals surface area contributed by atoms with E-state index in [9.17, 15) is 4.79 Å². The van der Waals surface area contributed by atoms with E-state index < -0.39 is 0 Å². The topological polar surface area (TPSA) is 46.3 Å². The highest BCUT2D eigenvalue weighted by Gasteiger charge is 2.30. The summed E-state index contributed by atoms with van der Waals surface area (Å²) in [5.74, 6) is 1.23. The zero-order chi connectivity index (χ0) is 13.0. The van der Waals surface area contributed by atoms with Crippen LogP contribution in [0.1, 0.15) is 58.3 Å². The smallest absolute Gasteiger partial charge is 0.225 e. The summed E-state index contributed by atoms with van der Waals surface area (Å²) in [4.78, 5) is 14.7. The van der Waals surface area contributed by atoms with Crippen molar-refractivity contribution in [3.63, 3.8) is 0 Å². The highest BCUT2D eigenvalue weighted by atomic mass is 16.2. The Labute approximate surface area is 111 Å². The van der Waals surface area contributed by atoms with Crippen LogP contribution in [-0.2, 0) is 4.79 Å². The Bertz CT molecular complexity index is 270. The van der Waals surface area contributed by atoms with E-state index >= 15 is 0 Å².